The number of hydrogen-bond acceptors (Lipinski definition) is 3. The fourth-order valence-electron chi connectivity index (χ4n) is 3.64. The molecule has 2 heterocycles. The van der Waals surface area contributed by atoms with Crippen molar-refractivity contribution in [2.24, 2.45) is 0 Å². The number of alkyl halides is 3. The Labute approximate surface area is 153 Å². The van der Waals surface area contributed by atoms with E-state index in [4.69, 9.17) is 4.74 Å². The Morgan fingerprint density at radius 2 is 1.88 bits per heavy atom. The van der Waals surface area contributed by atoms with Crippen molar-refractivity contribution in [2.75, 3.05) is 25.0 Å². The van der Waals surface area contributed by atoms with Crippen LogP contribution in [0.25, 0.3) is 0 Å². The summed E-state index contributed by atoms with van der Waals surface area (Å²) in [6.45, 7) is 6.06. The number of amides is 1. The zero-order valence-electron chi connectivity index (χ0n) is 14.4. The fourth-order valence-corrected chi connectivity index (χ4v) is 4.11. The van der Waals surface area contributed by atoms with Crippen LogP contribution in [0.3, 0.4) is 0 Å². The monoisotopic (exact) mass is 420 g/mol. The zero-order chi connectivity index (χ0) is 18.7. The molecule has 0 bridgehead atoms. The smallest absolute Gasteiger partial charge is 0.418 e. The highest BCUT2D eigenvalue weighted by Gasteiger charge is 2.49. The molecule has 4 nitrogen and oxygen atoms in total. The number of hydrogen-bond donors (Lipinski definition) is 0. The number of likely N-dealkylation sites (N-methyl/N-ethyl adjacent to an activating group) is 1. The van der Waals surface area contributed by atoms with Crippen LogP contribution in [0.1, 0.15) is 37.8 Å². The molecule has 0 aromatic heterocycles. The van der Waals surface area contributed by atoms with Crippen LogP contribution >= 0.6 is 15.9 Å². The maximum atomic E-state index is 13.4. The lowest BCUT2D eigenvalue weighted by atomic mass is 9.96. The number of benzene rings is 1. The highest BCUT2D eigenvalue weighted by Crippen LogP contribution is 2.50. The summed E-state index contributed by atoms with van der Waals surface area (Å²) in [4.78, 5) is 15.5. The first-order chi connectivity index (χ1) is 11.4. The highest BCUT2D eigenvalue weighted by atomic mass is 79.9. The van der Waals surface area contributed by atoms with Gasteiger partial charge in [-0.3, -0.25) is 0 Å². The number of likely N-dealkylation sites (tertiary alicyclic amines) is 1. The van der Waals surface area contributed by atoms with E-state index >= 15 is 0 Å². The topological polar surface area (TPSA) is 32.8 Å². The predicted octanol–water partition coefficient (Wildman–Crippen LogP) is 4.62. The third-order valence-electron chi connectivity index (χ3n) is 4.60. The molecule has 0 spiro atoms. The van der Waals surface area contributed by atoms with E-state index in [1.165, 1.54) is 0 Å². The molecule has 0 unspecified atom stereocenters. The molecule has 1 saturated heterocycles. The largest absolute Gasteiger partial charge is 0.444 e. The van der Waals surface area contributed by atoms with E-state index in [9.17, 15) is 18.0 Å². The van der Waals surface area contributed by atoms with Gasteiger partial charge >= 0.3 is 12.3 Å². The Balaban J connectivity index is 1.93. The zero-order valence-corrected chi connectivity index (χ0v) is 16.0. The molecule has 2 aliphatic rings. The van der Waals surface area contributed by atoms with Crippen molar-refractivity contribution in [3.05, 3.63) is 27.7 Å². The average Bonchev–Trinajstić information content (AvgIpc) is 2.96. The van der Waals surface area contributed by atoms with Crippen LogP contribution in [-0.4, -0.2) is 42.8 Å². The first-order valence-corrected chi connectivity index (χ1v) is 8.79. The van der Waals surface area contributed by atoms with Gasteiger partial charge in [0, 0.05) is 30.5 Å². The Hall–Kier alpha value is -1.44. The van der Waals surface area contributed by atoms with Crippen LogP contribution in [0.4, 0.5) is 23.7 Å². The number of nitrogens with zero attached hydrogens (tertiary/aromatic N) is 2. The molecule has 0 N–H and O–H groups in total. The van der Waals surface area contributed by atoms with Gasteiger partial charge < -0.3 is 14.5 Å². The van der Waals surface area contributed by atoms with Gasteiger partial charge in [-0.2, -0.15) is 13.2 Å². The van der Waals surface area contributed by atoms with Gasteiger partial charge in [-0.25, -0.2) is 4.79 Å². The van der Waals surface area contributed by atoms with Gasteiger partial charge in [0.15, 0.2) is 0 Å². The summed E-state index contributed by atoms with van der Waals surface area (Å²) in [5.74, 6) is -0.161. The summed E-state index contributed by atoms with van der Waals surface area (Å²) < 4.78 is 46.1. The van der Waals surface area contributed by atoms with Crippen LogP contribution in [0.5, 0.6) is 0 Å². The van der Waals surface area contributed by atoms with Crippen LogP contribution in [-0.2, 0) is 10.9 Å². The highest BCUT2D eigenvalue weighted by molar-refractivity contribution is 9.10. The molecule has 0 saturated carbocycles. The van der Waals surface area contributed by atoms with Gasteiger partial charge in [-0.15, -0.1) is 0 Å². The number of rotatable bonds is 0. The normalized spacial score (nSPS) is 22.9. The first-order valence-electron chi connectivity index (χ1n) is 8.00. The summed E-state index contributed by atoms with van der Waals surface area (Å²) in [6.07, 6.45) is -4.85. The molecule has 2 atom stereocenters. The number of anilines is 1. The fraction of sp³-hybridized carbons (Fsp3) is 0.588. The minimum absolute atomic E-state index is 0.161. The lowest BCUT2D eigenvalue weighted by Crippen LogP contribution is -2.39. The van der Waals surface area contributed by atoms with Crippen LogP contribution in [0.2, 0.25) is 0 Å². The molecule has 1 amide bonds. The van der Waals surface area contributed by atoms with Crippen molar-refractivity contribution in [3.63, 3.8) is 0 Å². The Kier molecular flexibility index (Phi) is 4.25. The molecule has 1 fully saturated rings. The second-order valence-electron chi connectivity index (χ2n) is 7.56. The quantitative estimate of drug-likeness (QED) is 0.613. The first kappa shape index (κ1) is 18.4. The summed E-state index contributed by atoms with van der Waals surface area (Å²) in [7, 11) is 1.66. The van der Waals surface area contributed by atoms with E-state index in [0.717, 1.165) is 6.07 Å². The number of ether oxygens (including phenoxy) is 1. The van der Waals surface area contributed by atoms with Crippen molar-refractivity contribution < 1.29 is 22.7 Å². The maximum absolute atomic E-state index is 13.4. The van der Waals surface area contributed by atoms with Crippen molar-refractivity contribution >= 4 is 27.7 Å². The molecule has 8 heteroatoms. The summed E-state index contributed by atoms with van der Waals surface area (Å²) >= 11 is 3.19. The lowest BCUT2D eigenvalue weighted by molar-refractivity contribution is -0.137. The van der Waals surface area contributed by atoms with E-state index < -0.39 is 23.4 Å². The Bertz CT molecular complexity index is 715. The number of halogens is 4. The molecule has 2 aliphatic heterocycles. The van der Waals surface area contributed by atoms with E-state index in [2.05, 4.69) is 15.9 Å². The molecular weight excluding hydrogens is 401 g/mol. The second-order valence-corrected chi connectivity index (χ2v) is 8.47. The van der Waals surface area contributed by atoms with Crippen LogP contribution in [0.15, 0.2) is 16.6 Å². The molecular formula is C17H20BrF3N2O2. The third kappa shape index (κ3) is 3.32. The van der Waals surface area contributed by atoms with Crippen LogP contribution in [0, 0.1) is 0 Å². The maximum Gasteiger partial charge on any atom is 0.418 e. The van der Waals surface area contributed by atoms with Gasteiger partial charge in [-0.05, 0) is 38.5 Å². The van der Waals surface area contributed by atoms with Crippen LogP contribution < -0.4 is 4.90 Å². The molecule has 25 heavy (non-hydrogen) atoms. The van der Waals surface area contributed by atoms with E-state index in [0.29, 0.717) is 23.1 Å². The molecule has 1 aromatic carbocycles. The standard InChI is InChI=1S/C17H20BrF3N2O2/c1-16(2,3)25-15(24)23-7-11-10-5-9(18)6-12(17(19,20)21)14(10)22(4)13(11)8-23/h5-6,11,13H,7-8H2,1-4H3/t11-,13-/m0/s1. The number of carbonyl (C=O) groups excluding carboxylic acids is 1. The molecule has 1 aromatic rings. The summed E-state index contributed by atoms with van der Waals surface area (Å²) in [5.41, 5.74) is -0.405. The van der Waals surface area contributed by atoms with Gasteiger partial charge in [0.2, 0.25) is 0 Å². The third-order valence-corrected chi connectivity index (χ3v) is 5.06. The molecule has 138 valence electrons. The minimum atomic E-state index is -4.42. The SMILES string of the molecule is CN1c2c(cc(Br)cc2C(F)(F)F)[C@@H]2CN(C(=O)OC(C)(C)C)C[C@@H]21. The van der Waals surface area contributed by atoms with Crippen molar-refractivity contribution in [1.29, 1.82) is 0 Å². The summed E-state index contributed by atoms with van der Waals surface area (Å²) in [6, 6.07) is 2.66. The molecule has 0 aliphatic carbocycles. The number of fused-ring (bicyclic) bond motifs is 3. The predicted molar refractivity (Wildman–Crippen MR) is 91.9 cm³/mol. The minimum Gasteiger partial charge on any atom is -0.444 e. The average molecular weight is 421 g/mol. The van der Waals surface area contributed by atoms with Gasteiger partial charge in [0.05, 0.1) is 17.3 Å². The van der Waals surface area contributed by atoms with Crippen molar-refractivity contribution in [1.82, 2.24) is 4.90 Å². The second kappa shape index (κ2) is 5.79. The van der Waals surface area contributed by atoms with Gasteiger partial charge in [0.25, 0.3) is 0 Å². The van der Waals surface area contributed by atoms with Crippen molar-refractivity contribution in [3.8, 4) is 0 Å². The van der Waals surface area contributed by atoms with Gasteiger partial charge in [0.1, 0.15) is 5.60 Å². The van der Waals surface area contributed by atoms with E-state index in [1.54, 1.807) is 43.7 Å². The van der Waals surface area contributed by atoms with E-state index in [1.807, 2.05) is 0 Å². The summed E-state index contributed by atoms with van der Waals surface area (Å²) in [5, 5.41) is 0. The Morgan fingerprint density at radius 1 is 1.24 bits per heavy atom. The van der Waals surface area contributed by atoms with Crippen molar-refractivity contribution in [2.45, 2.75) is 44.5 Å². The number of carbonyl (C=O) groups is 1. The Morgan fingerprint density at radius 3 is 2.44 bits per heavy atom. The van der Waals surface area contributed by atoms with E-state index in [-0.39, 0.29) is 17.6 Å². The lowest BCUT2D eigenvalue weighted by Gasteiger charge is -2.27. The van der Waals surface area contributed by atoms with Gasteiger partial charge in [-0.1, -0.05) is 15.9 Å². The molecule has 3 rings (SSSR count). The molecule has 0 radical (unpaired) electrons.